The highest BCUT2D eigenvalue weighted by Gasteiger charge is 2.13. The molecule has 0 aliphatic carbocycles. The number of carbonyl (C=O) groups is 1. The van der Waals surface area contributed by atoms with Crippen molar-refractivity contribution in [1.29, 1.82) is 0 Å². The molecule has 1 aromatic carbocycles. The Bertz CT molecular complexity index is 461. The number of halogens is 1. The fourth-order valence-corrected chi connectivity index (χ4v) is 2.62. The van der Waals surface area contributed by atoms with Crippen molar-refractivity contribution in [2.45, 2.75) is 0 Å². The topological polar surface area (TPSA) is 48.0 Å². The summed E-state index contributed by atoms with van der Waals surface area (Å²) in [5.74, 6) is 1.19. The van der Waals surface area contributed by atoms with Crippen molar-refractivity contribution < 1.29 is 19.0 Å². The quantitative estimate of drug-likeness (QED) is 0.739. The number of carbonyl (C=O) groups excluding carboxylic acids is 1. The van der Waals surface area contributed by atoms with E-state index in [1.54, 1.807) is 19.2 Å². The molecule has 0 N–H and O–H groups in total. The maximum absolute atomic E-state index is 10.8. The Morgan fingerprint density at radius 2 is 2.15 bits per heavy atom. The van der Waals surface area contributed by atoms with Crippen molar-refractivity contribution in [3.05, 3.63) is 22.2 Å². The number of hydrogen-bond acceptors (Lipinski definition) is 5. The van der Waals surface area contributed by atoms with Gasteiger partial charge < -0.3 is 14.2 Å². The van der Waals surface area contributed by atoms with Gasteiger partial charge in [0.2, 0.25) is 0 Å². The molecule has 0 aromatic heterocycles. The van der Waals surface area contributed by atoms with Crippen molar-refractivity contribution in [1.82, 2.24) is 4.90 Å². The van der Waals surface area contributed by atoms with Crippen LogP contribution in [0.3, 0.4) is 0 Å². The van der Waals surface area contributed by atoms with Crippen LogP contribution in [0.4, 0.5) is 0 Å². The van der Waals surface area contributed by atoms with Crippen molar-refractivity contribution in [3.8, 4) is 11.5 Å². The summed E-state index contributed by atoms with van der Waals surface area (Å²) < 4.78 is 17.1. The van der Waals surface area contributed by atoms with Gasteiger partial charge in [-0.2, -0.15) is 0 Å². The van der Waals surface area contributed by atoms with Crippen LogP contribution in [0.25, 0.3) is 0 Å². The first-order valence-corrected chi connectivity index (χ1v) is 7.29. The molecule has 1 aliphatic rings. The third-order valence-electron chi connectivity index (χ3n) is 3.15. The van der Waals surface area contributed by atoms with E-state index < -0.39 is 0 Å². The highest BCUT2D eigenvalue weighted by molar-refractivity contribution is 9.10. The molecule has 1 saturated heterocycles. The number of rotatable bonds is 6. The van der Waals surface area contributed by atoms with Crippen LogP contribution in [-0.2, 0) is 4.74 Å². The van der Waals surface area contributed by atoms with Crippen LogP contribution in [0.5, 0.6) is 11.5 Å². The zero-order valence-corrected chi connectivity index (χ0v) is 13.0. The number of methoxy groups -OCH3 is 1. The lowest BCUT2D eigenvalue weighted by Gasteiger charge is -2.26. The average molecular weight is 344 g/mol. The molecule has 110 valence electrons. The van der Waals surface area contributed by atoms with E-state index in [4.69, 9.17) is 14.2 Å². The van der Waals surface area contributed by atoms with Gasteiger partial charge in [-0.05, 0) is 28.1 Å². The Morgan fingerprint density at radius 3 is 2.80 bits per heavy atom. The molecule has 1 heterocycles. The van der Waals surface area contributed by atoms with Gasteiger partial charge in [-0.25, -0.2) is 0 Å². The van der Waals surface area contributed by atoms with Crippen LogP contribution in [0.15, 0.2) is 16.6 Å². The molecule has 2 rings (SSSR count). The summed E-state index contributed by atoms with van der Waals surface area (Å²) in [4.78, 5) is 13.1. The molecular weight excluding hydrogens is 326 g/mol. The number of nitrogens with zero attached hydrogens (tertiary/aromatic N) is 1. The highest BCUT2D eigenvalue weighted by atomic mass is 79.9. The SMILES string of the molecule is COc1cc(C=O)cc(Br)c1OCCN1CCOCC1. The maximum Gasteiger partial charge on any atom is 0.175 e. The number of hydrogen-bond donors (Lipinski definition) is 0. The summed E-state index contributed by atoms with van der Waals surface area (Å²) in [6.07, 6.45) is 0.783. The number of benzene rings is 1. The predicted octanol–water partition coefficient (Wildman–Crippen LogP) is 1.98. The molecule has 0 radical (unpaired) electrons. The van der Waals surface area contributed by atoms with Gasteiger partial charge in [-0.3, -0.25) is 9.69 Å². The summed E-state index contributed by atoms with van der Waals surface area (Å²) in [5.41, 5.74) is 0.550. The monoisotopic (exact) mass is 343 g/mol. The normalized spacial score (nSPS) is 15.9. The van der Waals surface area contributed by atoms with E-state index >= 15 is 0 Å². The van der Waals surface area contributed by atoms with Gasteiger partial charge in [0, 0.05) is 25.2 Å². The standard InChI is InChI=1S/C14H18BrNO4/c1-18-13-9-11(10-17)8-12(15)14(13)20-7-4-16-2-5-19-6-3-16/h8-10H,2-7H2,1H3. The highest BCUT2D eigenvalue weighted by Crippen LogP contribution is 2.36. The Kier molecular flexibility index (Phi) is 5.82. The second kappa shape index (κ2) is 7.61. The van der Waals surface area contributed by atoms with E-state index in [2.05, 4.69) is 20.8 Å². The van der Waals surface area contributed by atoms with Crippen LogP contribution >= 0.6 is 15.9 Å². The van der Waals surface area contributed by atoms with E-state index in [1.165, 1.54) is 0 Å². The first kappa shape index (κ1) is 15.3. The molecule has 0 unspecified atom stereocenters. The summed E-state index contributed by atoms with van der Waals surface area (Å²) in [6.45, 7) is 4.84. The predicted molar refractivity (Wildman–Crippen MR) is 78.8 cm³/mol. The third kappa shape index (κ3) is 3.94. The van der Waals surface area contributed by atoms with Gasteiger partial charge >= 0.3 is 0 Å². The Labute approximate surface area is 126 Å². The number of morpholine rings is 1. The van der Waals surface area contributed by atoms with Crippen LogP contribution in [0.2, 0.25) is 0 Å². The van der Waals surface area contributed by atoms with Crippen LogP contribution in [-0.4, -0.2) is 57.8 Å². The Balaban J connectivity index is 1.95. The van der Waals surface area contributed by atoms with E-state index in [-0.39, 0.29) is 0 Å². The molecule has 1 aliphatic heterocycles. The summed E-state index contributed by atoms with van der Waals surface area (Å²) in [6, 6.07) is 3.39. The molecule has 5 nitrogen and oxygen atoms in total. The van der Waals surface area contributed by atoms with Crippen LogP contribution in [0.1, 0.15) is 10.4 Å². The lowest BCUT2D eigenvalue weighted by Crippen LogP contribution is -2.38. The molecule has 0 atom stereocenters. The Hall–Kier alpha value is -1.11. The van der Waals surface area contributed by atoms with Gasteiger partial charge in [0.1, 0.15) is 12.9 Å². The van der Waals surface area contributed by atoms with E-state index in [1.807, 2.05) is 0 Å². The largest absolute Gasteiger partial charge is 0.493 e. The average Bonchev–Trinajstić information content (AvgIpc) is 2.49. The number of aldehydes is 1. The van der Waals surface area contributed by atoms with E-state index in [0.29, 0.717) is 23.7 Å². The van der Waals surface area contributed by atoms with E-state index in [9.17, 15) is 4.79 Å². The molecule has 0 bridgehead atoms. The summed E-state index contributed by atoms with van der Waals surface area (Å²) in [5, 5.41) is 0. The first-order valence-electron chi connectivity index (χ1n) is 6.50. The zero-order valence-electron chi connectivity index (χ0n) is 11.4. The van der Waals surface area contributed by atoms with E-state index in [0.717, 1.165) is 43.6 Å². The smallest absolute Gasteiger partial charge is 0.175 e. The molecule has 0 amide bonds. The third-order valence-corrected chi connectivity index (χ3v) is 3.73. The fraction of sp³-hybridized carbons (Fsp3) is 0.500. The molecule has 6 heteroatoms. The van der Waals surface area contributed by atoms with Gasteiger partial charge in [-0.1, -0.05) is 0 Å². The molecule has 20 heavy (non-hydrogen) atoms. The minimum Gasteiger partial charge on any atom is -0.493 e. The van der Waals surface area contributed by atoms with Gasteiger partial charge in [-0.15, -0.1) is 0 Å². The van der Waals surface area contributed by atoms with Gasteiger partial charge in [0.15, 0.2) is 11.5 Å². The van der Waals surface area contributed by atoms with Crippen molar-refractivity contribution in [3.63, 3.8) is 0 Å². The fourth-order valence-electron chi connectivity index (χ4n) is 2.05. The molecule has 0 saturated carbocycles. The van der Waals surface area contributed by atoms with Gasteiger partial charge in [0.05, 0.1) is 24.8 Å². The molecule has 1 fully saturated rings. The first-order chi connectivity index (χ1) is 9.74. The lowest BCUT2D eigenvalue weighted by atomic mass is 10.2. The van der Waals surface area contributed by atoms with Gasteiger partial charge in [0.25, 0.3) is 0 Å². The molecule has 1 aromatic rings. The molecule has 0 spiro atoms. The number of ether oxygens (including phenoxy) is 3. The summed E-state index contributed by atoms with van der Waals surface area (Å²) in [7, 11) is 1.56. The van der Waals surface area contributed by atoms with Crippen molar-refractivity contribution >= 4 is 22.2 Å². The second-order valence-electron chi connectivity index (χ2n) is 4.45. The van der Waals surface area contributed by atoms with Crippen molar-refractivity contribution in [2.24, 2.45) is 0 Å². The van der Waals surface area contributed by atoms with Crippen LogP contribution in [0, 0.1) is 0 Å². The van der Waals surface area contributed by atoms with Crippen LogP contribution < -0.4 is 9.47 Å². The molecular formula is C14H18BrNO4. The minimum atomic E-state index is 0.550. The summed E-state index contributed by atoms with van der Waals surface area (Å²) >= 11 is 3.41. The zero-order chi connectivity index (χ0) is 14.4. The Morgan fingerprint density at radius 1 is 1.40 bits per heavy atom. The maximum atomic E-state index is 10.8. The minimum absolute atomic E-state index is 0.550. The lowest BCUT2D eigenvalue weighted by molar-refractivity contribution is 0.0320. The van der Waals surface area contributed by atoms with Crippen molar-refractivity contribution in [2.75, 3.05) is 46.6 Å². The second-order valence-corrected chi connectivity index (χ2v) is 5.31.